The summed E-state index contributed by atoms with van der Waals surface area (Å²) in [5.41, 5.74) is 0.519. The topological polar surface area (TPSA) is 38.3 Å². The highest BCUT2D eigenvalue weighted by Gasteiger charge is 2.20. The Morgan fingerprint density at radius 1 is 1.28 bits per heavy atom. The zero-order chi connectivity index (χ0) is 18.1. The minimum Gasteiger partial charge on any atom is -0.466 e. The van der Waals surface area contributed by atoms with Crippen molar-refractivity contribution in [1.29, 1.82) is 0 Å². The van der Waals surface area contributed by atoms with Crippen LogP contribution in [0.3, 0.4) is 0 Å². The lowest BCUT2D eigenvalue weighted by Gasteiger charge is -2.29. The molecule has 1 N–H and O–H groups in total. The number of rotatable bonds is 9. The molecule has 1 atom stereocenters. The highest BCUT2D eigenvalue weighted by Crippen LogP contribution is 2.21. The Hall–Kier alpha value is -1.49. The highest BCUT2D eigenvalue weighted by molar-refractivity contribution is 5.69. The average Bonchev–Trinajstić information content (AvgIpc) is 2.58. The predicted octanol–water partition coefficient (Wildman–Crippen LogP) is 4.53. The van der Waals surface area contributed by atoms with Crippen LogP contribution in [0.4, 0.5) is 8.78 Å². The van der Waals surface area contributed by atoms with Gasteiger partial charge in [-0.2, -0.15) is 0 Å². The van der Waals surface area contributed by atoms with Crippen LogP contribution in [-0.4, -0.2) is 24.7 Å². The standard InChI is InChI=1S/C20H29F2NO2/c1-2-25-20(24)10-6-9-18(23-17-7-4-3-5-8-17)13-15-11-12-16(21)14-19(15)22/h11-12,14,17-18,23H,2-10,13H2,1H3. The Bertz CT molecular complexity index is 544. The van der Waals surface area contributed by atoms with E-state index in [-0.39, 0.29) is 12.0 Å². The van der Waals surface area contributed by atoms with E-state index in [1.165, 1.54) is 31.4 Å². The van der Waals surface area contributed by atoms with Crippen LogP contribution in [0.15, 0.2) is 18.2 Å². The van der Waals surface area contributed by atoms with Gasteiger partial charge in [-0.3, -0.25) is 4.79 Å². The van der Waals surface area contributed by atoms with Crippen LogP contribution >= 0.6 is 0 Å². The molecular weight excluding hydrogens is 324 g/mol. The average molecular weight is 353 g/mol. The Balaban J connectivity index is 1.93. The van der Waals surface area contributed by atoms with Crippen molar-refractivity contribution in [2.24, 2.45) is 0 Å². The third kappa shape index (κ3) is 7.10. The minimum absolute atomic E-state index is 0.0810. The van der Waals surface area contributed by atoms with E-state index < -0.39 is 11.6 Å². The van der Waals surface area contributed by atoms with Gasteiger partial charge in [0.25, 0.3) is 0 Å². The summed E-state index contributed by atoms with van der Waals surface area (Å²) >= 11 is 0. The normalized spacial score (nSPS) is 16.6. The van der Waals surface area contributed by atoms with Crippen LogP contribution in [0.2, 0.25) is 0 Å². The molecule has 2 rings (SSSR count). The fourth-order valence-electron chi connectivity index (χ4n) is 3.53. The van der Waals surface area contributed by atoms with Crippen molar-refractivity contribution in [3.05, 3.63) is 35.4 Å². The van der Waals surface area contributed by atoms with E-state index in [0.29, 0.717) is 37.5 Å². The number of esters is 1. The molecule has 0 radical (unpaired) electrons. The van der Waals surface area contributed by atoms with Crippen LogP contribution in [0.5, 0.6) is 0 Å². The molecule has 0 bridgehead atoms. The molecule has 1 unspecified atom stereocenters. The molecule has 1 aliphatic rings. The summed E-state index contributed by atoms with van der Waals surface area (Å²) in [6.45, 7) is 2.19. The maximum Gasteiger partial charge on any atom is 0.305 e. The second-order valence-corrected chi connectivity index (χ2v) is 6.84. The molecule has 3 nitrogen and oxygen atoms in total. The maximum absolute atomic E-state index is 14.0. The number of benzene rings is 1. The Morgan fingerprint density at radius 3 is 2.72 bits per heavy atom. The van der Waals surface area contributed by atoms with Gasteiger partial charge in [-0.1, -0.05) is 25.3 Å². The van der Waals surface area contributed by atoms with E-state index in [9.17, 15) is 13.6 Å². The highest BCUT2D eigenvalue weighted by atomic mass is 19.1. The summed E-state index contributed by atoms with van der Waals surface area (Å²) in [6, 6.07) is 4.29. The van der Waals surface area contributed by atoms with E-state index in [1.807, 2.05) is 0 Å². The minimum atomic E-state index is -0.555. The lowest BCUT2D eigenvalue weighted by Crippen LogP contribution is -2.41. The fourth-order valence-corrected chi connectivity index (χ4v) is 3.53. The molecule has 1 aliphatic carbocycles. The van der Waals surface area contributed by atoms with E-state index in [4.69, 9.17) is 4.74 Å². The molecule has 1 aromatic rings. The molecule has 0 aliphatic heterocycles. The third-order valence-electron chi connectivity index (χ3n) is 4.80. The van der Waals surface area contributed by atoms with Gasteiger partial charge in [-0.15, -0.1) is 0 Å². The monoisotopic (exact) mass is 353 g/mol. The molecule has 0 heterocycles. The second kappa shape index (κ2) is 10.5. The second-order valence-electron chi connectivity index (χ2n) is 6.84. The van der Waals surface area contributed by atoms with Crippen molar-refractivity contribution < 1.29 is 18.3 Å². The first-order chi connectivity index (χ1) is 12.1. The Kier molecular flexibility index (Phi) is 8.32. The van der Waals surface area contributed by atoms with E-state index >= 15 is 0 Å². The zero-order valence-electron chi connectivity index (χ0n) is 15.0. The molecule has 1 fully saturated rings. The molecule has 0 aromatic heterocycles. The van der Waals surface area contributed by atoms with Crippen molar-refractivity contribution in [3.8, 4) is 0 Å². The zero-order valence-corrected chi connectivity index (χ0v) is 15.0. The molecule has 0 spiro atoms. The van der Waals surface area contributed by atoms with Crippen LogP contribution in [-0.2, 0) is 16.0 Å². The molecule has 25 heavy (non-hydrogen) atoms. The Labute approximate surface area is 149 Å². The first-order valence-electron chi connectivity index (χ1n) is 9.44. The van der Waals surface area contributed by atoms with Gasteiger partial charge in [-0.05, 0) is 50.7 Å². The summed E-state index contributed by atoms with van der Waals surface area (Å²) in [7, 11) is 0. The van der Waals surface area contributed by atoms with Gasteiger partial charge in [-0.25, -0.2) is 8.78 Å². The number of nitrogens with one attached hydrogen (secondary N) is 1. The van der Waals surface area contributed by atoms with Gasteiger partial charge in [0.15, 0.2) is 0 Å². The number of hydrogen-bond acceptors (Lipinski definition) is 3. The van der Waals surface area contributed by atoms with Gasteiger partial charge in [0.2, 0.25) is 0 Å². The van der Waals surface area contributed by atoms with Gasteiger partial charge in [0.05, 0.1) is 6.61 Å². The lowest BCUT2D eigenvalue weighted by atomic mass is 9.93. The first-order valence-corrected chi connectivity index (χ1v) is 9.44. The van der Waals surface area contributed by atoms with Gasteiger partial charge in [0.1, 0.15) is 11.6 Å². The quantitative estimate of drug-likeness (QED) is 0.663. The predicted molar refractivity (Wildman–Crippen MR) is 94.3 cm³/mol. The van der Waals surface area contributed by atoms with Crippen molar-refractivity contribution in [1.82, 2.24) is 5.32 Å². The fraction of sp³-hybridized carbons (Fsp3) is 0.650. The largest absolute Gasteiger partial charge is 0.466 e. The summed E-state index contributed by atoms with van der Waals surface area (Å²) in [5, 5.41) is 3.64. The summed E-state index contributed by atoms with van der Waals surface area (Å²) in [5.74, 6) is -1.24. The molecule has 0 amide bonds. The number of halogens is 2. The van der Waals surface area contributed by atoms with E-state index in [0.717, 1.165) is 25.3 Å². The van der Waals surface area contributed by atoms with Crippen molar-refractivity contribution in [2.45, 2.75) is 76.8 Å². The molecule has 0 saturated heterocycles. The van der Waals surface area contributed by atoms with Gasteiger partial charge >= 0.3 is 5.97 Å². The van der Waals surface area contributed by atoms with Gasteiger partial charge in [0, 0.05) is 24.6 Å². The lowest BCUT2D eigenvalue weighted by molar-refractivity contribution is -0.143. The molecule has 1 saturated carbocycles. The Morgan fingerprint density at radius 2 is 2.04 bits per heavy atom. The van der Waals surface area contributed by atoms with Crippen LogP contribution in [0.1, 0.15) is 63.9 Å². The molecule has 1 aromatic carbocycles. The third-order valence-corrected chi connectivity index (χ3v) is 4.80. The van der Waals surface area contributed by atoms with Crippen molar-refractivity contribution in [3.63, 3.8) is 0 Å². The SMILES string of the molecule is CCOC(=O)CCCC(Cc1ccc(F)cc1F)NC1CCCCC1. The molecule has 140 valence electrons. The number of hydrogen-bond donors (Lipinski definition) is 1. The number of carbonyl (C=O) groups is 1. The van der Waals surface area contributed by atoms with Gasteiger partial charge < -0.3 is 10.1 Å². The number of ether oxygens (including phenoxy) is 1. The maximum atomic E-state index is 14.0. The van der Waals surface area contributed by atoms with Crippen LogP contribution in [0.25, 0.3) is 0 Å². The van der Waals surface area contributed by atoms with Crippen molar-refractivity contribution >= 4 is 5.97 Å². The van der Waals surface area contributed by atoms with Crippen molar-refractivity contribution in [2.75, 3.05) is 6.61 Å². The summed E-state index contributed by atoms with van der Waals surface area (Å²) in [6.07, 6.45) is 8.35. The summed E-state index contributed by atoms with van der Waals surface area (Å²) < 4.78 is 32.1. The van der Waals surface area contributed by atoms with E-state index in [1.54, 1.807) is 6.92 Å². The summed E-state index contributed by atoms with van der Waals surface area (Å²) in [4.78, 5) is 11.5. The molecule has 5 heteroatoms. The van der Waals surface area contributed by atoms with Crippen LogP contribution in [0, 0.1) is 11.6 Å². The van der Waals surface area contributed by atoms with Crippen LogP contribution < -0.4 is 5.32 Å². The van der Waals surface area contributed by atoms with E-state index in [2.05, 4.69) is 5.32 Å². The number of carbonyl (C=O) groups excluding carboxylic acids is 1. The molecular formula is C20H29F2NO2. The smallest absolute Gasteiger partial charge is 0.305 e. The first kappa shape index (κ1) is 19.8.